The zero-order valence-electron chi connectivity index (χ0n) is 13.9. The van der Waals surface area contributed by atoms with Crippen molar-refractivity contribution in [2.45, 2.75) is 6.54 Å². The third kappa shape index (κ3) is 2.60. The Morgan fingerprint density at radius 2 is 2.08 bits per heavy atom. The standard InChI is InChI=1S/C18H15FN4O3/c1-22-14-9-11(26-16-4-2-3-15(19)21-16)5-6-12(14)13-10-20-23(7-8-24)18(25)17(13)22/h2-6,9-10,24H,7-8H2,1H3. The summed E-state index contributed by atoms with van der Waals surface area (Å²) in [5, 5.41) is 14.7. The van der Waals surface area contributed by atoms with Gasteiger partial charge in [0.15, 0.2) is 0 Å². The summed E-state index contributed by atoms with van der Waals surface area (Å²) in [7, 11) is 1.78. The normalized spacial score (nSPS) is 11.3. The number of halogens is 1. The highest BCUT2D eigenvalue weighted by molar-refractivity contribution is 6.07. The van der Waals surface area contributed by atoms with E-state index in [0.717, 1.165) is 16.3 Å². The topological polar surface area (TPSA) is 82.2 Å². The highest BCUT2D eigenvalue weighted by atomic mass is 19.1. The molecule has 0 atom stereocenters. The zero-order valence-corrected chi connectivity index (χ0v) is 13.9. The van der Waals surface area contributed by atoms with Crippen LogP contribution >= 0.6 is 0 Å². The molecule has 0 fully saturated rings. The molecular formula is C18H15FN4O3. The Morgan fingerprint density at radius 3 is 2.85 bits per heavy atom. The van der Waals surface area contributed by atoms with Crippen LogP contribution in [0.5, 0.6) is 11.6 Å². The molecule has 7 nitrogen and oxygen atoms in total. The molecule has 4 aromatic rings. The molecule has 0 saturated heterocycles. The molecule has 0 unspecified atom stereocenters. The van der Waals surface area contributed by atoms with E-state index in [2.05, 4.69) is 10.1 Å². The first-order chi connectivity index (χ1) is 12.6. The summed E-state index contributed by atoms with van der Waals surface area (Å²) in [6.07, 6.45) is 1.61. The lowest BCUT2D eigenvalue weighted by Crippen LogP contribution is -2.25. The van der Waals surface area contributed by atoms with E-state index >= 15 is 0 Å². The molecule has 8 heteroatoms. The third-order valence-corrected chi connectivity index (χ3v) is 4.20. The Bertz CT molecular complexity index is 1180. The summed E-state index contributed by atoms with van der Waals surface area (Å²) >= 11 is 0. The van der Waals surface area contributed by atoms with E-state index in [9.17, 15) is 9.18 Å². The lowest BCUT2D eigenvalue weighted by molar-refractivity contribution is 0.266. The van der Waals surface area contributed by atoms with Gasteiger partial charge in [-0.3, -0.25) is 4.79 Å². The number of benzene rings is 1. The Kier molecular flexibility index (Phi) is 3.89. The van der Waals surface area contributed by atoms with Gasteiger partial charge in [-0.15, -0.1) is 0 Å². The predicted molar refractivity (Wildman–Crippen MR) is 93.8 cm³/mol. The van der Waals surface area contributed by atoms with Crippen molar-refractivity contribution in [1.82, 2.24) is 19.3 Å². The lowest BCUT2D eigenvalue weighted by Gasteiger charge is -2.05. The van der Waals surface area contributed by atoms with Crippen LogP contribution in [0.1, 0.15) is 0 Å². The van der Waals surface area contributed by atoms with E-state index in [-0.39, 0.29) is 24.6 Å². The maximum absolute atomic E-state index is 13.2. The summed E-state index contributed by atoms with van der Waals surface area (Å²) in [5.74, 6) is 0.00363. The number of rotatable bonds is 4. The average molecular weight is 354 g/mol. The van der Waals surface area contributed by atoms with Gasteiger partial charge in [-0.25, -0.2) is 4.68 Å². The summed E-state index contributed by atoms with van der Waals surface area (Å²) < 4.78 is 21.8. The van der Waals surface area contributed by atoms with Crippen LogP contribution in [0, 0.1) is 5.95 Å². The van der Waals surface area contributed by atoms with Gasteiger partial charge in [0.05, 0.1) is 24.9 Å². The maximum atomic E-state index is 13.2. The summed E-state index contributed by atoms with van der Waals surface area (Å²) in [4.78, 5) is 16.3. The van der Waals surface area contributed by atoms with Crippen molar-refractivity contribution in [3.63, 3.8) is 0 Å². The second kappa shape index (κ2) is 6.23. The Morgan fingerprint density at radius 1 is 1.23 bits per heavy atom. The molecule has 132 valence electrons. The fourth-order valence-electron chi connectivity index (χ4n) is 3.02. The Labute approximate surface area is 146 Å². The minimum absolute atomic E-state index is 0.135. The van der Waals surface area contributed by atoms with Crippen LogP contribution in [0.15, 0.2) is 47.4 Å². The molecular weight excluding hydrogens is 339 g/mol. The van der Waals surface area contributed by atoms with Crippen LogP contribution < -0.4 is 10.3 Å². The quantitative estimate of drug-likeness (QED) is 0.568. The van der Waals surface area contributed by atoms with E-state index in [1.165, 1.54) is 16.8 Å². The van der Waals surface area contributed by atoms with Gasteiger partial charge >= 0.3 is 0 Å². The average Bonchev–Trinajstić information content (AvgIpc) is 2.90. The third-order valence-electron chi connectivity index (χ3n) is 4.20. The van der Waals surface area contributed by atoms with Crippen LogP contribution in [-0.2, 0) is 13.6 Å². The van der Waals surface area contributed by atoms with Gasteiger partial charge < -0.3 is 14.4 Å². The number of ether oxygens (including phenoxy) is 1. The minimum atomic E-state index is -0.622. The van der Waals surface area contributed by atoms with Crippen molar-refractivity contribution in [3.05, 3.63) is 58.9 Å². The SMILES string of the molecule is Cn1c2cc(Oc3cccc(F)n3)ccc2c2cnn(CCO)c(=O)c21. The van der Waals surface area contributed by atoms with Gasteiger partial charge in [0.1, 0.15) is 11.3 Å². The van der Waals surface area contributed by atoms with Crippen molar-refractivity contribution >= 4 is 21.8 Å². The monoisotopic (exact) mass is 354 g/mol. The Balaban J connectivity index is 1.85. The number of aryl methyl sites for hydroxylation is 1. The van der Waals surface area contributed by atoms with Crippen molar-refractivity contribution in [3.8, 4) is 11.6 Å². The van der Waals surface area contributed by atoms with Crippen molar-refractivity contribution in [2.24, 2.45) is 7.05 Å². The van der Waals surface area contributed by atoms with Gasteiger partial charge in [-0.2, -0.15) is 14.5 Å². The van der Waals surface area contributed by atoms with E-state index in [1.54, 1.807) is 36.0 Å². The van der Waals surface area contributed by atoms with Crippen molar-refractivity contribution in [2.75, 3.05) is 6.61 Å². The number of aliphatic hydroxyl groups is 1. The fourth-order valence-corrected chi connectivity index (χ4v) is 3.02. The first kappa shape index (κ1) is 16.2. The predicted octanol–water partition coefficient (Wildman–Crippen LogP) is 2.21. The van der Waals surface area contributed by atoms with Crippen LogP contribution in [-0.4, -0.2) is 31.0 Å². The van der Waals surface area contributed by atoms with Gasteiger partial charge in [-0.05, 0) is 18.2 Å². The van der Waals surface area contributed by atoms with Crippen LogP contribution in [0.4, 0.5) is 4.39 Å². The van der Waals surface area contributed by atoms with Gasteiger partial charge in [0, 0.05) is 30.0 Å². The minimum Gasteiger partial charge on any atom is -0.439 e. The number of pyridine rings is 1. The van der Waals surface area contributed by atoms with Crippen LogP contribution in [0.25, 0.3) is 21.8 Å². The molecule has 0 spiro atoms. The smallest absolute Gasteiger partial charge is 0.291 e. The zero-order chi connectivity index (χ0) is 18.3. The molecule has 1 aromatic carbocycles. The van der Waals surface area contributed by atoms with Crippen LogP contribution in [0.2, 0.25) is 0 Å². The summed E-state index contributed by atoms with van der Waals surface area (Å²) in [5.41, 5.74) is 0.989. The van der Waals surface area contributed by atoms with Gasteiger partial charge in [0.2, 0.25) is 11.8 Å². The fraction of sp³-hybridized carbons (Fsp3) is 0.167. The second-order valence-corrected chi connectivity index (χ2v) is 5.80. The lowest BCUT2D eigenvalue weighted by atomic mass is 10.2. The highest BCUT2D eigenvalue weighted by Gasteiger charge is 2.14. The molecule has 0 aliphatic carbocycles. The van der Waals surface area contributed by atoms with Crippen molar-refractivity contribution in [1.29, 1.82) is 0 Å². The molecule has 26 heavy (non-hydrogen) atoms. The van der Waals surface area contributed by atoms with E-state index < -0.39 is 5.95 Å². The van der Waals surface area contributed by atoms with Crippen LogP contribution in [0.3, 0.4) is 0 Å². The molecule has 0 aliphatic rings. The maximum Gasteiger partial charge on any atom is 0.291 e. The molecule has 4 rings (SSSR count). The number of fused-ring (bicyclic) bond motifs is 3. The number of aliphatic hydroxyl groups excluding tert-OH is 1. The molecule has 1 N–H and O–H groups in total. The largest absolute Gasteiger partial charge is 0.439 e. The molecule has 3 heterocycles. The van der Waals surface area contributed by atoms with E-state index in [0.29, 0.717) is 11.3 Å². The summed E-state index contributed by atoms with van der Waals surface area (Å²) in [6.45, 7) is -0.0309. The number of hydrogen-bond acceptors (Lipinski definition) is 5. The van der Waals surface area contributed by atoms with Gasteiger partial charge in [-0.1, -0.05) is 6.07 Å². The van der Waals surface area contributed by atoms with Gasteiger partial charge in [0.25, 0.3) is 5.56 Å². The number of nitrogens with zero attached hydrogens (tertiary/aromatic N) is 4. The molecule has 3 aromatic heterocycles. The van der Waals surface area contributed by atoms with E-state index in [4.69, 9.17) is 9.84 Å². The molecule has 0 radical (unpaired) electrons. The first-order valence-electron chi connectivity index (χ1n) is 7.98. The molecule has 0 amide bonds. The van der Waals surface area contributed by atoms with Crippen molar-refractivity contribution < 1.29 is 14.2 Å². The molecule has 0 aliphatic heterocycles. The second-order valence-electron chi connectivity index (χ2n) is 5.80. The highest BCUT2D eigenvalue weighted by Crippen LogP contribution is 2.30. The number of hydrogen-bond donors (Lipinski definition) is 1. The molecule has 0 saturated carbocycles. The van der Waals surface area contributed by atoms with E-state index in [1.807, 2.05) is 6.07 Å². The molecule has 0 bridgehead atoms. The number of aromatic nitrogens is 4. The Hall–Kier alpha value is -3.26. The first-order valence-corrected chi connectivity index (χ1v) is 7.98. The summed E-state index contributed by atoms with van der Waals surface area (Å²) in [6, 6.07) is 9.63.